The molecule has 36 heavy (non-hydrogen) atoms. The van der Waals surface area contributed by atoms with Crippen LogP contribution >= 0.6 is 22.9 Å². The van der Waals surface area contributed by atoms with Crippen molar-refractivity contribution >= 4 is 45.0 Å². The highest BCUT2D eigenvalue weighted by atomic mass is 35.5. The number of aromatic nitrogens is 1. The number of thiophene rings is 1. The van der Waals surface area contributed by atoms with E-state index in [1.165, 1.54) is 10.5 Å². The number of fused-ring (bicyclic) bond motifs is 2. The first-order chi connectivity index (χ1) is 17.4. The molecule has 2 aromatic heterocycles. The molecule has 3 unspecified atom stereocenters. The van der Waals surface area contributed by atoms with Gasteiger partial charge in [-0.05, 0) is 54.3 Å². The van der Waals surface area contributed by atoms with Crippen LogP contribution in [0.1, 0.15) is 22.4 Å². The number of benzene rings is 1. The van der Waals surface area contributed by atoms with E-state index in [9.17, 15) is 9.59 Å². The molecule has 9 heteroatoms. The van der Waals surface area contributed by atoms with Gasteiger partial charge in [-0.25, -0.2) is 0 Å². The van der Waals surface area contributed by atoms with E-state index in [-0.39, 0.29) is 35.4 Å². The number of piperidine rings is 1. The van der Waals surface area contributed by atoms with Gasteiger partial charge in [0.15, 0.2) is 0 Å². The number of carbonyl (C=O) groups excluding carboxylic acids is 2. The van der Waals surface area contributed by atoms with E-state index in [0.717, 1.165) is 57.7 Å². The Bertz CT molecular complexity index is 1400. The summed E-state index contributed by atoms with van der Waals surface area (Å²) in [4.78, 5) is 32.0. The summed E-state index contributed by atoms with van der Waals surface area (Å²) < 4.78 is 13.0. The van der Waals surface area contributed by atoms with Gasteiger partial charge in [-0.1, -0.05) is 11.6 Å². The summed E-state index contributed by atoms with van der Waals surface area (Å²) in [6.45, 7) is 5.29. The normalized spacial score (nSPS) is 26.5. The maximum atomic E-state index is 12.5. The van der Waals surface area contributed by atoms with Gasteiger partial charge >= 0.3 is 0 Å². The highest BCUT2D eigenvalue weighted by Gasteiger charge is 2.58. The maximum Gasteiger partial charge on any atom is 0.233 e. The fourth-order valence-corrected chi connectivity index (χ4v) is 7.27. The van der Waals surface area contributed by atoms with Gasteiger partial charge in [0.2, 0.25) is 11.8 Å². The van der Waals surface area contributed by atoms with Crippen LogP contribution in [0.15, 0.2) is 30.5 Å². The third-order valence-electron chi connectivity index (χ3n) is 7.86. The van der Waals surface area contributed by atoms with Crippen molar-refractivity contribution < 1.29 is 19.1 Å². The number of hydrogen-bond acceptors (Lipinski definition) is 7. The monoisotopic (exact) mass is 523 g/mol. The molecular formula is C27H26ClN3O4S. The topological polar surface area (TPSA) is 80.8 Å². The molecule has 1 aromatic carbocycles. The molecular weight excluding hydrogens is 498 g/mol. The van der Waals surface area contributed by atoms with Crippen molar-refractivity contribution in [3.8, 4) is 11.1 Å². The average molecular weight is 524 g/mol. The number of amides is 2. The summed E-state index contributed by atoms with van der Waals surface area (Å²) in [7, 11) is 0. The molecule has 7 nitrogen and oxygen atoms in total. The van der Waals surface area contributed by atoms with Crippen LogP contribution in [0, 0.1) is 18.8 Å². The molecule has 3 atom stereocenters. The molecule has 1 N–H and O–H groups in total. The second kappa shape index (κ2) is 8.33. The Labute approximate surface area is 217 Å². The minimum absolute atomic E-state index is 0.0286. The lowest BCUT2D eigenvalue weighted by atomic mass is 9.91. The first kappa shape index (κ1) is 22.8. The number of morpholine rings is 1. The van der Waals surface area contributed by atoms with E-state index in [1.807, 2.05) is 30.5 Å². The molecule has 1 spiro atoms. The van der Waals surface area contributed by atoms with Gasteiger partial charge in [0.25, 0.3) is 0 Å². The first-order valence-electron chi connectivity index (χ1n) is 12.4. The third kappa shape index (κ3) is 3.70. The van der Waals surface area contributed by atoms with Gasteiger partial charge in [-0.15, -0.1) is 11.3 Å². The maximum absolute atomic E-state index is 12.5. The summed E-state index contributed by atoms with van der Waals surface area (Å²) in [6.07, 6.45) is 3.33. The molecule has 5 heterocycles. The van der Waals surface area contributed by atoms with Crippen LogP contribution in [-0.2, 0) is 32.0 Å². The molecule has 7 rings (SSSR count). The van der Waals surface area contributed by atoms with Crippen molar-refractivity contribution in [1.29, 1.82) is 0 Å². The number of rotatable bonds is 5. The van der Waals surface area contributed by atoms with E-state index >= 15 is 0 Å². The lowest BCUT2D eigenvalue weighted by molar-refractivity contribution is -0.240. The van der Waals surface area contributed by atoms with E-state index in [0.29, 0.717) is 24.8 Å². The Morgan fingerprint density at radius 2 is 2.00 bits per heavy atom. The van der Waals surface area contributed by atoms with E-state index in [2.05, 4.69) is 17.2 Å². The van der Waals surface area contributed by atoms with Crippen molar-refractivity contribution in [3.63, 3.8) is 0 Å². The SMILES string of the molecule is Cc1cc(Cl)cc(-c2ccnc3cc(CN4C(=O)C5CC5C4=O)sc23)c1CC1CNCC2(COC2)O1. The van der Waals surface area contributed by atoms with Crippen LogP contribution in [0.4, 0.5) is 0 Å². The quantitative estimate of drug-likeness (QED) is 0.513. The fourth-order valence-electron chi connectivity index (χ4n) is 5.86. The number of halogens is 1. The van der Waals surface area contributed by atoms with Crippen molar-refractivity contribution in [3.05, 3.63) is 51.5 Å². The summed E-state index contributed by atoms with van der Waals surface area (Å²) in [5.74, 6) is -0.224. The first-order valence-corrected chi connectivity index (χ1v) is 13.6. The molecule has 4 aliphatic rings. The second-order valence-electron chi connectivity index (χ2n) is 10.5. The van der Waals surface area contributed by atoms with Gasteiger partial charge in [0, 0.05) is 41.2 Å². The summed E-state index contributed by atoms with van der Waals surface area (Å²) in [5.41, 5.74) is 5.12. The predicted molar refractivity (Wildman–Crippen MR) is 137 cm³/mol. The number of pyridine rings is 1. The van der Waals surface area contributed by atoms with Crippen molar-refractivity contribution in [2.45, 2.75) is 38.0 Å². The van der Waals surface area contributed by atoms with Crippen LogP contribution in [0.2, 0.25) is 5.02 Å². The molecule has 0 radical (unpaired) electrons. The minimum atomic E-state index is -0.207. The predicted octanol–water partition coefficient (Wildman–Crippen LogP) is 3.73. The number of likely N-dealkylation sites (tertiary alicyclic amines) is 1. The Kier molecular flexibility index (Phi) is 5.28. The smallest absolute Gasteiger partial charge is 0.233 e. The van der Waals surface area contributed by atoms with Gasteiger partial charge < -0.3 is 14.8 Å². The molecule has 0 bridgehead atoms. The minimum Gasteiger partial charge on any atom is -0.375 e. The van der Waals surface area contributed by atoms with Gasteiger partial charge in [-0.2, -0.15) is 0 Å². The number of carbonyl (C=O) groups is 2. The van der Waals surface area contributed by atoms with Crippen LogP contribution < -0.4 is 5.32 Å². The van der Waals surface area contributed by atoms with Gasteiger partial charge in [-0.3, -0.25) is 19.5 Å². The van der Waals surface area contributed by atoms with Crippen LogP contribution in [0.25, 0.3) is 21.3 Å². The third-order valence-corrected chi connectivity index (χ3v) is 9.22. The zero-order valence-electron chi connectivity index (χ0n) is 19.9. The zero-order chi connectivity index (χ0) is 24.6. The Balaban J connectivity index is 1.23. The molecule has 3 aliphatic heterocycles. The Hall–Kier alpha value is -2.36. The van der Waals surface area contributed by atoms with Crippen LogP contribution in [-0.4, -0.2) is 59.7 Å². The van der Waals surface area contributed by atoms with E-state index in [4.69, 9.17) is 21.1 Å². The van der Waals surface area contributed by atoms with Crippen molar-refractivity contribution in [2.24, 2.45) is 11.8 Å². The number of hydrogen-bond donors (Lipinski definition) is 1. The standard InChI is InChI=1S/C27H26ClN3O4S/c1-14-4-15(28)5-20(19(14)6-16-9-29-11-27(35-16)12-34-13-27)18-2-3-30-23-7-17(36-24(18)23)10-31-25(32)21-8-22(21)26(31)33/h2-5,7,16,21-22,29H,6,8-13H2,1H3. The molecule has 3 saturated heterocycles. The summed E-state index contributed by atoms with van der Waals surface area (Å²) in [5, 5.41) is 4.21. The Morgan fingerprint density at radius 3 is 2.75 bits per heavy atom. The number of nitrogens with one attached hydrogen (secondary N) is 1. The number of ether oxygens (including phenoxy) is 2. The van der Waals surface area contributed by atoms with Gasteiger partial charge in [0.05, 0.1) is 47.9 Å². The zero-order valence-corrected chi connectivity index (χ0v) is 21.5. The highest BCUT2D eigenvalue weighted by Crippen LogP contribution is 2.48. The molecule has 4 fully saturated rings. The highest BCUT2D eigenvalue weighted by molar-refractivity contribution is 7.19. The van der Waals surface area contributed by atoms with Crippen molar-refractivity contribution in [1.82, 2.24) is 15.2 Å². The summed E-state index contributed by atoms with van der Waals surface area (Å²) in [6, 6.07) is 8.06. The molecule has 1 saturated carbocycles. The van der Waals surface area contributed by atoms with Crippen LogP contribution in [0.5, 0.6) is 0 Å². The van der Waals surface area contributed by atoms with E-state index in [1.54, 1.807) is 11.3 Å². The molecule has 2 amide bonds. The van der Waals surface area contributed by atoms with Crippen molar-refractivity contribution in [2.75, 3.05) is 26.3 Å². The fraction of sp³-hybridized carbons (Fsp3) is 0.444. The van der Waals surface area contributed by atoms with E-state index < -0.39 is 0 Å². The molecule has 186 valence electrons. The lowest BCUT2D eigenvalue weighted by Crippen LogP contribution is -2.64. The Morgan fingerprint density at radius 1 is 1.19 bits per heavy atom. The summed E-state index contributed by atoms with van der Waals surface area (Å²) >= 11 is 8.15. The molecule has 1 aliphatic carbocycles. The number of aryl methyl sites for hydroxylation is 1. The lowest BCUT2D eigenvalue weighted by Gasteiger charge is -2.47. The molecule has 3 aromatic rings. The second-order valence-corrected chi connectivity index (χ2v) is 12.1. The number of nitrogens with zero attached hydrogens (tertiary/aromatic N) is 2. The average Bonchev–Trinajstić information content (AvgIpc) is 3.48. The number of imide groups is 1. The van der Waals surface area contributed by atoms with Crippen LogP contribution in [0.3, 0.4) is 0 Å². The van der Waals surface area contributed by atoms with Gasteiger partial charge in [0.1, 0.15) is 5.60 Å². The largest absolute Gasteiger partial charge is 0.375 e.